The normalized spacial score (nSPS) is 11.0. The number of hydrogen-bond donors (Lipinski definition) is 1. The molecular formula is C20H16N2O3. The smallest absolute Gasteiger partial charge is 0.291 e. The Bertz CT molecular complexity index is 1090. The van der Waals surface area contributed by atoms with Gasteiger partial charge in [0.15, 0.2) is 5.76 Å². The predicted molar refractivity (Wildman–Crippen MR) is 97.2 cm³/mol. The number of furan rings is 1. The minimum Gasteiger partial charge on any atom is -0.497 e. The molecule has 0 aliphatic heterocycles. The molecule has 4 rings (SSSR count). The monoisotopic (exact) mass is 332 g/mol. The summed E-state index contributed by atoms with van der Waals surface area (Å²) in [6.45, 7) is 1.87. The van der Waals surface area contributed by atoms with Crippen LogP contribution in [0, 0.1) is 6.92 Å². The van der Waals surface area contributed by atoms with Gasteiger partial charge in [-0.25, -0.2) is 0 Å². The SMILES string of the molecule is COc1ccc2oc(C(=O)Nc3cccc4cnccc34)c(C)c2c1. The lowest BCUT2D eigenvalue weighted by Gasteiger charge is -2.07. The number of carbonyl (C=O) groups is 1. The molecule has 0 radical (unpaired) electrons. The average Bonchev–Trinajstić information content (AvgIpc) is 2.98. The molecule has 5 nitrogen and oxygen atoms in total. The van der Waals surface area contributed by atoms with Gasteiger partial charge in [0.1, 0.15) is 11.3 Å². The van der Waals surface area contributed by atoms with Gasteiger partial charge in [-0.15, -0.1) is 0 Å². The van der Waals surface area contributed by atoms with E-state index in [0.29, 0.717) is 11.3 Å². The van der Waals surface area contributed by atoms with E-state index in [1.807, 2.05) is 49.4 Å². The molecule has 0 spiro atoms. The number of rotatable bonds is 3. The highest BCUT2D eigenvalue weighted by molar-refractivity contribution is 6.10. The van der Waals surface area contributed by atoms with Crippen molar-refractivity contribution in [3.8, 4) is 5.75 Å². The molecule has 25 heavy (non-hydrogen) atoms. The number of fused-ring (bicyclic) bond motifs is 2. The number of carbonyl (C=O) groups excluding carboxylic acids is 1. The lowest BCUT2D eigenvalue weighted by molar-refractivity contribution is 0.0998. The molecule has 0 bridgehead atoms. The van der Waals surface area contributed by atoms with Crippen LogP contribution in [0.4, 0.5) is 5.69 Å². The van der Waals surface area contributed by atoms with Gasteiger partial charge in [-0.3, -0.25) is 9.78 Å². The molecule has 2 aromatic heterocycles. The largest absolute Gasteiger partial charge is 0.497 e. The Kier molecular flexibility index (Phi) is 3.61. The van der Waals surface area contributed by atoms with Gasteiger partial charge >= 0.3 is 0 Å². The number of hydrogen-bond acceptors (Lipinski definition) is 4. The van der Waals surface area contributed by atoms with Crippen molar-refractivity contribution in [3.05, 3.63) is 66.2 Å². The second-order valence-electron chi connectivity index (χ2n) is 5.77. The van der Waals surface area contributed by atoms with Crippen molar-refractivity contribution in [2.24, 2.45) is 0 Å². The Morgan fingerprint density at radius 3 is 2.88 bits per heavy atom. The van der Waals surface area contributed by atoms with Crippen LogP contribution < -0.4 is 10.1 Å². The standard InChI is InChI=1S/C20H16N2O3/c1-12-16-10-14(24-2)6-7-18(16)25-19(12)20(23)22-17-5-3-4-13-11-21-9-8-15(13)17/h3-11H,1-2H3,(H,22,23). The Labute approximate surface area is 144 Å². The summed E-state index contributed by atoms with van der Waals surface area (Å²) in [6.07, 6.45) is 3.47. The summed E-state index contributed by atoms with van der Waals surface area (Å²) in [6, 6.07) is 13.1. The molecule has 0 unspecified atom stereocenters. The second-order valence-corrected chi connectivity index (χ2v) is 5.77. The van der Waals surface area contributed by atoms with Gasteiger partial charge in [-0.2, -0.15) is 0 Å². The summed E-state index contributed by atoms with van der Waals surface area (Å²) in [7, 11) is 1.61. The highest BCUT2D eigenvalue weighted by Gasteiger charge is 2.19. The summed E-state index contributed by atoms with van der Waals surface area (Å²) < 4.78 is 11.0. The first kappa shape index (κ1) is 15.2. The first-order valence-electron chi connectivity index (χ1n) is 7.88. The fourth-order valence-electron chi connectivity index (χ4n) is 2.95. The summed E-state index contributed by atoms with van der Waals surface area (Å²) in [5, 5.41) is 5.70. The lowest BCUT2D eigenvalue weighted by Crippen LogP contribution is -2.12. The Hall–Kier alpha value is -3.34. The van der Waals surface area contributed by atoms with Crippen LogP contribution in [0.1, 0.15) is 16.1 Å². The second kappa shape index (κ2) is 5.94. The van der Waals surface area contributed by atoms with Gasteiger partial charge in [-0.05, 0) is 37.3 Å². The molecule has 1 N–H and O–H groups in total. The summed E-state index contributed by atoms with van der Waals surface area (Å²) in [5.41, 5.74) is 2.17. The van der Waals surface area contributed by atoms with Crippen molar-refractivity contribution in [1.82, 2.24) is 4.98 Å². The van der Waals surface area contributed by atoms with E-state index in [1.165, 1.54) is 0 Å². The van der Waals surface area contributed by atoms with Gasteiger partial charge in [0.25, 0.3) is 5.91 Å². The number of nitrogens with one attached hydrogen (secondary N) is 1. The fourth-order valence-corrected chi connectivity index (χ4v) is 2.95. The van der Waals surface area contributed by atoms with Crippen molar-refractivity contribution in [3.63, 3.8) is 0 Å². The quantitative estimate of drug-likeness (QED) is 0.598. The average molecular weight is 332 g/mol. The van der Waals surface area contributed by atoms with Crippen molar-refractivity contribution in [1.29, 1.82) is 0 Å². The van der Waals surface area contributed by atoms with Gasteiger partial charge in [0.2, 0.25) is 0 Å². The van der Waals surface area contributed by atoms with E-state index in [2.05, 4.69) is 10.3 Å². The number of aryl methyl sites for hydroxylation is 1. The Morgan fingerprint density at radius 1 is 1.16 bits per heavy atom. The molecule has 0 saturated carbocycles. The molecule has 0 fully saturated rings. The third kappa shape index (κ3) is 2.59. The van der Waals surface area contributed by atoms with E-state index in [4.69, 9.17) is 9.15 Å². The van der Waals surface area contributed by atoms with E-state index >= 15 is 0 Å². The number of nitrogens with zero attached hydrogens (tertiary/aromatic N) is 1. The number of pyridine rings is 1. The summed E-state index contributed by atoms with van der Waals surface area (Å²) in [5.74, 6) is 0.746. The van der Waals surface area contributed by atoms with E-state index < -0.39 is 0 Å². The van der Waals surface area contributed by atoms with Gasteiger partial charge < -0.3 is 14.5 Å². The third-order valence-corrected chi connectivity index (χ3v) is 4.28. The van der Waals surface area contributed by atoms with Crippen molar-refractivity contribution in [2.45, 2.75) is 6.92 Å². The molecule has 0 atom stereocenters. The highest BCUT2D eigenvalue weighted by atomic mass is 16.5. The van der Waals surface area contributed by atoms with Crippen LogP contribution in [0.2, 0.25) is 0 Å². The zero-order chi connectivity index (χ0) is 17.4. The van der Waals surface area contributed by atoms with Crippen LogP contribution in [0.25, 0.3) is 21.7 Å². The van der Waals surface area contributed by atoms with Crippen LogP contribution >= 0.6 is 0 Å². The van der Waals surface area contributed by atoms with Gasteiger partial charge in [0.05, 0.1) is 7.11 Å². The molecule has 1 amide bonds. The number of amides is 1. The first-order chi connectivity index (χ1) is 12.2. The van der Waals surface area contributed by atoms with E-state index in [9.17, 15) is 4.79 Å². The summed E-state index contributed by atoms with van der Waals surface area (Å²) in [4.78, 5) is 16.9. The van der Waals surface area contributed by atoms with Crippen LogP contribution in [-0.4, -0.2) is 18.0 Å². The molecule has 5 heteroatoms. The van der Waals surface area contributed by atoms with Gasteiger partial charge in [0, 0.05) is 39.8 Å². The van der Waals surface area contributed by atoms with E-state index in [0.717, 1.165) is 33.2 Å². The maximum Gasteiger partial charge on any atom is 0.291 e. The molecular weight excluding hydrogens is 316 g/mol. The molecule has 0 saturated heterocycles. The van der Waals surface area contributed by atoms with Crippen LogP contribution in [0.3, 0.4) is 0 Å². The molecule has 124 valence electrons. The van der Waals surface area contributed by atoms with Crippen LogP contribution in [-0.2, 0) is 0 Å². The topological polar surface area (TPSA) is 64.4 Å². The molecule has 2 aromatic carbocycles. The highest BCUT2D eigenvalue weighted by Crippen LogP contribution is 2.30. The Balaban J connectivity index is 1.73. The van der Waals surface area contributed by atoms with Crippen molar-refractivity contribution >= 4 is 33.3 Å². The number of methoxy groups -OCH3 is 1. The van der Waals surface area contributed by atoms with Gasteiger partial charge in [-0.1, -0.05) is 12.1 Å². The molecule has 4 aromatic rings. The summed E-state index contributed by atoms with van der Waals surface area (Å²) >= 11 is 0. The first-order valence-corrected chi connectivity index (χ1v) is 7.88. The number of anilines is 1. The van der Waals surface area contributed by atoms with E-state index in [-0.39, 0.29) is 5.91 Å². The van der Waals surface area contributed by atoms with Crippen LogP contribution in [0.15, 0.2) is 59.3 Å². The third-order valence-electron chi connectivity index (χ3n) is 4.28. The number of ether oxygens (including phenoxy) is 1. The predicted octanol–water partition coefficient (Wildman–Crippen LogP) is 4.55. The lowest BCUT2D eigenvalue weighted by atomic mass is 10.1. The number of aromatic nitrogens is 1. The molecule has 0 aliphatic rings. The minimum absolute atomic E-state index is 0.281. The molecule has 0 aliphatic carbocycles. The van der Waals surface area contributed by atoms with Crippen molar-refractivity contribution < 1.29 is 13.9 Å². The maximum absolute atomic E-state index is 12.8. The number of benzene rings is 2. The zero-order valence-electron chi connectivity index (χ0n) is 13.9. The zero-order valence-corrected chi connectivity index (χ0v) is 13.9. The maximum atomic E-state index is 12.8. The van der Waals surface area contributed by atoms with E-state index in [1.54, 1.807) is 19.5 Å². The van der Waals surface area contributed by atoms with Crippen LogP contribution in [0.5, 0.6) is 5.75 Å². The minimum atomic E-state index is -0.281. The fraction of sp³-hybridized carbons (Fsp3) is 0.100. The molecule has 2 heterocycles. The van der Waals surface area contributed by atoms with Crippen molar-refractivity contribution in [2.75, 3.05) is 12.4 Å². The Morgan fingerprint density at radius 2 is 2.04 bits per heavy atom.